The first-order valence-electron chi connectivity index (χ1n) is 5.85. The predicted molar refractivity (Wildman–Crippen MR) is 69.1 cm³/mol. The average molecular weight is 269 g/mol. The standard InChI is InChI=1S/C13H19NO5/c1-17-13(18-2)8-14-7-10-3-5-11(6-4-10)19-9-12(15)16/h3-6,13-14H,7-9H2,1-2H3,(H,15,16). The summed E-state index contributed by atoms with van der Waals surface area (Å²) in [5.41, 5.74) is 1.06. The van der Waals surface area contributed by atoms with Gasteiger partial charge in [0.1, 0.15) is 5.75 Å². The van der Waals surface area contributed by atoms with Gasteiger partial charge < -0.3 is 24.6 Å². The molecular formula is C13H19NO5. The van der Waals surface area contributed by atoms with Crippen molar-refractivity contribution < 1.29 is 24.1 Å². The molecule has 0 saturated carbocycles. The van der Waals surface area contributed by atoms with E-state index in [9.17, 15) is 4.79 Å². The number of carboxylic acids is 1. The molecule has 0 unspecified atom stereocenters. The Bertz CT molecular complexity index is 375. The largest absolute Gasteiger partial charge is 0.482 e. The van der Waals surface area contributed by atoms with Crippen molar-refractivity contribution in [3.8, 4) is 5.75 Å². The van der Waals surface area contributed by atoms with Crippen molar-refractivity contribution in [2.45, 2.75) is 12.8 Å². The van der Waals surface area contributed by atoms with Crippen molar-refractivity contribution in [1.82, 2.24) is 5.32 Å². The summed E-state index contributed by atoms with van der Waals surface area (Å²) in [7, 11) is 3.18. The van der Waals surface area contributed by atoms with Crippen LogP contribution >= 0.6 is 0 Å². The summed E-state index contributed by atoms with van der Waals surface area (Å²) >= 11 is 0. The van der Waals surface area contributed by atoms with Gasteiger partial charge in [-0.05, 0) is 17.7 Å². The molecule has 6 heteroatoms. The SMILES string of the molecule is COC(CNCc1ccc(OCC(=O)O)cc1)OC. The molecule has 0 aliphatic heterocycles. The lowest BCUT2D eigenvalue weighted by Crippen LogP contribution is -2.29. The van der Waals surface area contributed by atoms with Gasteiger partial charge in [0.15, 0.2) is 12.9 Å². The molecule has 0 bridgehead atoms. The van der Waals surface area contributed by atoms with Gasteiger partial charge in [-0.1, -0.05) is 12.1 Å². The quantitative estimate of drug-likeness (QED) is 0.647. The van der Waals surface area contributed by atoms with Crippen LogP contribution in [0.1, 0.15) is 5.56 Å². The van der Waals surface area contributed by atoms with Gasteiger partial charge >= 0.3 is 5.97 Å². The lowest BCUT2D eigenvalue weighted by molar-refractivity contribution is -0.139. The zero-order valence-electron chi connectivity index (χ0n) is 11.1. The first kappa shape index (κ1) is 15.4. The topological polar surface area (TPSA) is 77.0 Å². The van der Waals surface area contributed by atoms with Crippen LogP contribution in [0.2, 0.25) is 0 Å². The number of hydrogen-bond acceptors (Lipinski definition) is 5. The zero-order valence-corrected chi connectivity index (χ0v) is 11.1. The molecule has 0 heterocycles. The minimum Gasteiger partial charge on any atom is -0.482 e. The molecule has 2 N–H and O–H groups in total. The second-order valence-corrected chi connectivity index (χ2v) is 3.86. The Labute approximate surface area is 112 Å². The minimum absolute atomic E-state index is 0.266. The lowest BCUT2D eigenvalue weighted by Gasteiger charge is -2.14. The van der Waals surface area contributed by atoms with E-state index in [4.69, 9.17) is 19.3 Å². The van der Waals surface area contributed by atoms with E-state index in [2.05, 4.69) is 5.32 Å². The zero-order chi connectivity index (χ0) is 14.1. The number of hydrogen-bond donors (Lipinski definition) is 2. The fourth-order valence-electron chi connectivity index (χ4n) is 1.45. The molecule has 0 aromatic heterocycles. The number of carboxylic acid groups (broad SMARTS) is 1. The highest BCUT2D eigenvalue weighted by Gasteiger charge is 2.04. The van der Waals surface area contributed by atoms with Gasteiger partial charge in [-0.2, -0.15) is 0 Å². The molecule has 0 atom stereocenters. The highest BCUT2D eigenvalue weighted by Crippen LogP contribution is 2.11. The molecule has 0 fully saturated rings. The van der Waals surface area contributed by atoms with Crippen molar-refractivity contribution in [1.29, 1.82) is 0 Å². The molecule has 0 radical (unpaired) electrons. The molecule has 0 spiro atoms. The van der Waals surface area contributed by atoms with Gasteiger partial charge in [-0.15, -0.1) is 0 Å². The van der Waals surface area contributed by atoms with Crippen LogP contribution in [0.25, 0.3) is 0 Å². The Balaban J connectivity index is 2.33. The summed E-state index contributed by atoms with van der Waals surface area (Å²) in [6.45, 7) is 0.924. The molecule has 0 aliphatic carbocycles. The second kappa shape index (κ2) is 8.47. The molecule has 1 rings (SSSR count). The Morgan fingerprint density at radius 2 is 1.89 bits per heavy atom. The van der Waals surface area contributed by atoms with Crippen LogP contribution in [-0.4, -0.2) is 44.7 Å². The molecule has 19 heavy (non-hydrogen) atoms. The molecule has 0 saturated heterocycles. The van der Waals surface area contributed by atoms with E-state index in [1.165, 1.54) is 0 Å². The molecule has 0 aliphatic rings. The van der Waals surface area contributed by atoms with Crippen LogP contribution in [0.4, 0.5) is 0 Å². The smallest absolute Gasteiger partial charge is 0.341 e. The maximum atomic E-state index is 10.3. The van der Waals surface area contributed by atoms with Crippen LogP contribution in [0.15, 0.2) is 24.3 Å². The van der Waals surface area contributed by atoms with Crippen molar-refractivity contribution in [2.75, 3.05) is 27.4 Å². The highest BCUT2D eigenvalue weighted by molar-refractivity contribution is 5.68. The van der Waals surface area contributed by atoms with E-state index in [0.717, 1.165) is 5.56 Å². The number of benzene rings is 1. The van der Waals surface area contributed by atoms with Gasteiger partial charge in [0, 0.05) is 27.3 Å². The van der Waals surface area contributed by atoms with E-state index < -0.39 is 5.97 Å². The Kier molecular flexibility index (Phi) is 6.88. The van der Waals surface area contributed by atoms with E-state index in [-0.39, 0.29) is 12.9 Å². The first-order chi connectivity index (χ1) is 9.15. The molecule has 1 aromatic rings. The van der Waals surface area contributed by atoms with Gasteiger partial charge in [0.2, 0.25) is 0 Å². The van der Waals surface area contributed by atoms with Gasteiger partial charge in [0.25, 0.3) is 0 Å². The van der Waals surface area contributed by atoms with E-state index in [0.29, 0.717) is 18.8 Å². The van der Waals surface area contributed by atoms with E-state index in [1.54, 1.807) is 26.4 Å². The lowest BCUT2D eigenvalue weighted by atomic mass is 10.2. The summed E-state index contributed by atoms with van der Waals surface area (Å²) in [6, 6.07) is 7.23. The van der Waals surface area contributed by atoms with Gasteiger partial charge in [0.05, 0.1) is 0 Å². The monoisotopic (exact) mass is 269 g/mol. The summed E-state index contributed by atoms with van der Waals surface area (Å²) in [4.78, 5) is 10.3. The fraction of sp³-hybridized carbons (Fsp3) is 0.462. The highest BCUT2D eigenvalue weighted by atomic mass is 16.7. The van der Waals surface area contributed by atoms with Crippen molar-refractivity contribution in [3.63, 3.8) is 0 Å². The maximum absolute atomic E-state index is 10.3. The van der Waals surface area contributed by atoms with Crippen molar-refractivity contribution in [2.24, 2.45) is 0 Å². The predicted octanol–water partition coefficient (Wildman–Crippen LogP) is 0.858. The third-order valence-corrected chi connectivity index (χ3v) is 2.45. The van der Waals surface area contributed by atoms with Gasteiger partial charge in [-0.3, -0.25) is 0 Å². The summed E-state index contributed by atoms with van der Waals surface area (Å²) in [6.07, 6.45) is -0.266. The second-order valence-electron chi connectivity index (χ2n) is 3.86. The molecule has 1 aromatic carbocycles. The number of aliphatic carboxylic acids is 1. The number of rotatable bonds is 9. The van der Waals surface area contributed by atoms with Crippen LogP contribution in [-0.2, 0) is 20.8 Å². The summed E-state index contributed by atoms with van der Waals surface area (Å²) < 4.78 is 15.1. The van der Waals surface area contributed by atoms with Crippen LogP contribution in [0, 0.1) is 0 Å². The minimum atomic E-state index is -0.990. The van der Waals surface area contributed by atoms with Crippen LogP contribution in [0.3, 0.4) is 0 Å². The van der Waals surface area contributed by atoms with Gasteiger partial charge in [-0.25, -0.2) is 4.79 Å². The summed E-state index contributed by atoms with van der Waals surface area (Å²) in [5, 5.41) is 11.7. The van der Waals surface area contributed by atoms with Crippen LogP contribution < -0.4 is 10.1 Å². The third kappa shape index (κ3) is 6.19. The number of carbonyl (C=O) groups is 1. The molecule has 6 nitrogen and oxygen atoms in total. The van der Waals surface area contributed by atoms with Crippen molar-refractivity contribution in [3.05, 3.63) is 29.8 Å². The number of nitrogens with one attached hydrogen (secondary N) is 1. The Morgan fingerprint density at radius 1 is 1.26 bits per heavy atom. The maximum Gasteiger partial charge on any atom is 0.341 e. The number of ether oxygens (including phenoxy) is 3. The number of methoxy groups -OCH3 is 2. The Hall–Kier alpha value is -1.63. The summed E-state index contributed by atoms with van der Waals surface area (Å²) in [5.74, 6) is -0.450. The molecule has 106 valence electrons. The fourth-order valence-corrected chi connectivity index (χ4v) is 1.45. The van der Waals surface area contributed by atoms with E-state index in [1.807, 2.05) is 12.1 Å². The normalized spacial score (nSPS) is 10.7. The van der Waals surface area contributed by atoms with E-state index >= 15 is 0 Å². The van der Waals surface area contributed by atoms with Crippen molar-refractivity contribution >= 4 is 5.97 Å². The molecular weight excluding hydrogens is 250 g/mol. The first-order valence-corrected chi connectivity index (χ1v) is 5.85. The van der Waals surface area contributed by atoms with Crippen LogP contribution in [0.5, 0.6) is 5.75 Å². The Morgan fingerprint density at radius 3 is 2.42 bits per heavy atom. The third-order valence-electron chi connectivity index (χ3n) is 2.45. The average Bonchev–Trinajstić information content (AvgIpc) is 2.42. The molecule has 0 amide bonds.